The van der Waals surface area contributed by atoms with Gasteiger partial charge in [-0.05, 0) is 50.5 Å². The van der Waals surface area contributed by atoms with Crippen molar-refractivity contribution in [1.82, 2.24) is 9.65 Å². The Morgan fingerprint density at radius 3 is 2.11 bits per heavy atom. The van der Waals surface area contributed by atoms with Crippen molar-refractivity contribution < 1.29 is 0 Å². The topological polar surface area (TPSA) is 28.5 Å². The molecule has 1 unspecified atom stereocenters. The number of rotatable bonds is 3. The monoisotopic (exact) mass is 383 g/mol. The van der Waals surface area contributed by atoms with E-state index in [1.165, 1.54) is 42.1 Å². The van der Waals surface area contributed by atoms with Gasteiger partial charge in [0, 0.05) is 35.9 Å². The first-order valence-corrected chi connectivity index (χ1v) is 11.9. The molecule has 27 heavy (non-hydrogen) atoms. The van der Waals surface area contributed by atoms with E-state index in [4.69, 9.17) is 4.74 Å². The molecule has 146 valence electrons. The number of pyridine rings is 1. The van der Waals surface area contributed by atoms with Crippen LogP contribution < -0.4 is 5.30 Å². The molecule has 2 aromatic rings. The normalized spacial score (nSPS) is 18.6. The largest absolute Gasteiger partial charge is 0.265 e. The molecule has 3 nitrogen and oxygen atoms in total. The van der Waals surface area contributed by atoms with Crippen molar-refractivity contribution in [1.29, 1.82) is 0 Å². The maximum atomic E-state index is 5.65. The molecular weight excluding hydrogens is 349 g/mol. The molecule has 0 bridgehead atoms. The summed E-state index contributed by atoms with van der Waals surface area (Å²) in [6, 6.07) is 11.1. The van der Waals surface area contributed by atoms with Crippen LogP contribution in [0.2, 0.25) is 0 Å². The highest BCUT2D eigenvalue weighted by Gasteiger charge is 2.41. The van der Waals surface area contributed by atoms with Crippen LogP contribution in [-0.4, -0.2) is 27.9 Å². The molecule has 1 aliphatic heterocycles. The number of hydrogen-bond acceptors (Lipinski definition) is 2. The molecule has 1 aliphatic rings. The van der Waals surface area contributed by atoms with Crippen LogP contribution in [0.1, 0.15) is 57.6 Å². The zero-order valence-corrected chi connectivity index (χ0v) is 18.5. The van der Waals surface area contributed by atoms with Crippen LogP contribution in [0, 0.1) is 13.8 Å². The highest BCUT2D eigenvalue weighted by atomic mass is 31.2. The van der Waals surface area contributed by atoms with E-state index in [-0.39, 0.29) is 5.16 Å². The summed E-state index contributed by atoms with van der Waals surface area (Å²) in [5, 5.41) is 1.41. The Balaban J connectivity index is 2.31. The first kappa shape index (κ1) is 20.3. The molecule has 1 fully saturated rings. The van der Waals surface area contributed by atoms with Crippen molar-refractivity contribution in [2.75, 3.05) is 13.1 Å². The second-order valence-corrected chi connectivity index (χ2v) is 12.6. The van der Waals surface area contributed by atoms with Crippen LogP contribution in [0.15, 0.2) is 47.5 Å². The summed E-state index contributed by atoms with van der Waals surface area (Å²) < 4.78 is 8.39. The smallest absolute Gasteiger partial charge is 0.0721 e. The molecule has 4 heteroatoms. The van der Waals surface area contributed by atoms with Crippen LogP contribution in [-0.2, 0) is 0 Å². The van der Waals surface area contributed by atoms with E-state index in [0.29, 0.717) is 0 Å². The second kappa shape index (κ2) is 8.29. The molecule has 0 spiro atoms. The van der Waals surface area contributed by atoms with Gasteiger partial charge in [0.2, 0.25) is 0 Å². The molecular formula is C23H34N3P. The predicted molar refractivity (Wildman–Crippen MR) is 119 cm³/mol. The quantitative estimate of drug-likeness (QED) is 0.570. The van der Waals surface area contributed by atoms with Gasteiger partial charge in [-0.2, -0.15) is 0 Å². The van der Waals surface area contributed by atoms with E-state index in [0.717, 1.165) is 18.8 Å². The van der Waals surface area contributed by atoms with Gasteiger partial charge in [-0.1, -0.05) is 51.3 Å². The SMILES string of the molecule is Cc1ccc(N=P(c2ccncc2)(N2CCCCCC2)C(C)(C)C)c(C)c1. The second-order valence-electron chi connectivity index (χ2n) is 8.74. The Morgan fingerprint density at radius 1 is 0.926 bits per heavy atom. The highest BCUT2D eigenvalue weighted by Crippen LogP contribution is 2.64. The van der Waals surface area contributed by atoms with Gasteiger partial charge in [0.25, 0.3) is 0 Å². The molecule has 3 rings (SSSR count). The third-order valence-corrected chi connectivity index (χ3v) is 10.2. The zero-order chi connectivity index (χ0) is 19.5. The first-order valence-electron chi connectivity index (χ1n) is 10.2. The van der Waals surface area contributed by atoms with Gasteiger partial charge in [-0.25, -0.2) is 4.74 Å². The number of aryl methyl sites for hydroxylation is 2. The summed E-state index contributed by atoms with van der Waals surface area (Å²) in [4.78, 5) is 4.30. The van der Waals surface area contributed by atoms with Crippen LogP contribution in [0.5, 0.6) is 0 Å². The van der Waals surface area contributed by atoms with Crippen LogP contribution in [0.25, 0.3) is 0 Å². The average Bonchev–Trinajstić information content (AvgIpc) is 2.90. The minimum atomic E-state index is -1.98. The summed E-state index contributed by atoms with van der Waals surface area (Å²) in [7, 11) is -1.98. The Hall–Kier alpha value is -1.44. The fraction of sp³-hybridized carbons (Fsp3) is 0.522. The number of aromatic nitrogens is 1. The predicted octanol–water partition coefficient (Wildman–Crippen LogP) is 6.45. The first-order chi connectivity index (χ1) is 12.8. The lowest BCUT2D eigenvalue weighted by molar-refractivity contribution is 0.457. The summed E-state index contributed by atoms with van der Waals surface area (Å²) in [5.41, 5.74) is 3.71. The lowest BCUT2D eigenvalue weighted by Gasteiger charge is -2.45. The van der Waals surface area contributed by atoms with Crippen LogP contribution in [0.4, 0.5) is 5.69 Å². The lowest BCUT2D eigenvalue weighted by atomic mass is 10.1. The lowest BCUT2D eigenvalue weighted by Crippen LogP contribution is -2.37. The third kappa shape index (κ3) is 4.20. The standard InChI is InChI=1S/C23H34N3P/c1-19-10-11-22(20(2)18-19)25-27(23(3,4)5,21-12-14-24-15-13-21)26-16-8-6-7-9-17-26/h10-15,18H,6-9,16-17H2,1-5H3. The molecule has 2 heterocycles. The molecule has 0 radical (unpaired) electrons. The number of nitrogens with zero attached hydrogens (tertiary/aromatic N) is 3. The van der Waals surface area contributed by atoms with Crippen LogP contribution >= 0.6 is 7.21 Å². The number of hydrogen-bond donors (Lipinski definition) is 0. The summed E-state index contributed by atoms with van der Waals surface area (Å²) in [6.07, 6.45) is 9.08. The molecule has 0 saturated carbocycles. The Labute approximate surface area is 165 Å². The fourth-order valence-corrected chi connectivity index (χ4v) is 8.65. The minimum Gasteiger partial charge on any atom is -0.265 e. The minimum absolute atomic E-state index is 0.0516. The molecule has 1 saturated heterocycles. The van der Waals surface area contributed by atoms with Crippen molar-refractivity contribution in [2.45, 2.75) is 65.5 Å². The van der Waals surface area contributed by atoms with Gasteiger partial charge in [-0.3, -0.25) is 9.65 Å². The Kier molecular flexibility index (Phi) is 6.23. The fourth-order valence-electron chi connectivity index (χ4n) is 4.21. The summed E-state index contributed by atoms with van der Waals surface area (Å²) in [5.74, 6) is 0. The van der Waals surface area contributed by atoms with Crippen molar-refractivity contribution in [2.24, 2.45) is 4.74 Å². The maximum Gasteiger partial charge on any atom is 0.0721 e. The Bertz CT molecular complexity index is 813. The van der Waals surface area contributed by atoms with Crippen molar-refractivity contribution in [3.05, 3.63) is 53.9 Å². The molecule has 1 atom stereocenters. The molecule has 1 aromatic carbocycles. The van der Waals surface area contributed by atoms with Gasteiger partial charge in [0.1, 0.15) is 0 Å². The number of benzene rings is 1. The molecule has 1 aromatic heterocycles. The van der Waals surface area contributed by atoms with Crippen LogP contribution in [0.3, 0.4) is 0 Å². The highest BCUT2D eigenvalue weighted by molar-refractivity contribution is 7.73. The van der Waals surface area contributed by atoms with E-state index in [1.807, 2.05) is 12.4 Å². The molecule has 0 N–H and O–H groups in total. The maximum absolute atomic E-state index is 5.65. The van der Waals surface area contributed by atoms with Gasteiger partial charge < -0.3 is 0 Å². The molecule has 0 amide bonds. The van der Waals surface area contributed by atoms with Gasteiger partial charge in [0.15, 0.2) is 0 Å². The third-order valence-electron chi connectivity index (χ3n) is 5.55. The summed E-state index contributed by atoms with van der Waals surface area (Å²) >= 11 is 0. The van der Waals surface area contributed by atoms with E-state index in [1.54, 1.807) is 0 Å². The van der Waals surface area contributed by atoms with Gasteiger partial charge in [-0.15, -0.1) is 0 Å². The summed E-state index contributed by atoms with van der Waals surface area (Å²) in [6.45, 7) is 13.7. The Morgan fingerprint density at radius 2 is 1.56 bits per heavy atom. The van der Waals surface area contributed by atoms with Crippen molar-refractivity contribution >= 4 is 18.2 Å². The van der Waals surface area contributed by atoms with E-state index in [9.17, 15) is 0 Å². The van der Waals surface area contributed by atoms with E-state index in [2.05, 4.69) is 74.6 Å². The van der Waals surface area contributed by atoms with Gasteiger partial charge >= 0.3 is 0 Å². The van der Waals surface area contributed by atoms with Gasteiger partial charge in [0.05, 0.1) is 12.9 Å². The zero-order valence-electron chi connectivity index (χ0n) is 17.6. The van der Waals surface area contributed by atoms with E-state index < -0.39 is 7.21 Å². The van der Waals surface area contributed by atoms with Crippen molar-refractivity contribution in [3.8, 4) is 0 Å². The molecule has 0 aliphatic carbocycles. The van der Waals surface area contributed by atoms with E-state index >= 15 is 0 Å². The average molecular weight is 384 g/mol. The van der Waals surface area contributed by atoms with Crippen molar-refractivity contribution in [3.63, 3.8) is 0 Å².